The highest BCUT2D eigenvalue weighted by Gasteiger charge is 2.17. The SMILES string of the molecule is CC(C)CNCc1coc(NCC(C(C)C)C(C)C)n1. The minimum Gasteiger partial charge on any atom is -0.432 e. The molecule has 1 aromatic rings. The van der Waals surface area contributed by atoms with Crippen LogP contribution >= 0.6 is 0 Å². The maximum absolute atomic E-state index is 5.47. The van der Waals surface area contributed by atoms with Gasteiger partial charge >= 0.3 is 0 Å². The molecule has 0 atom stereocenters. The zero-order chi connectivity index (χ0) is 15.1. The Balaban J connectivity index is 2.39. The highest BCUT2D eigenvalue weighted by atomic mass is 16.4. The van der Waals surface area contributed by atoms with E-state index in [1.165, 1.54) is 0 Å². The Hall–Kier alpha value is -1.03. The zero-order valence-electron chi connectivity index (χ0n) is 13.9. The molecule has 0 saturated carbocycles. The molecule has 0 saturated heterocycles. The van der Waals surface area contributed by atoms with Crippen molar-refractivity contribution in [3.8, 4) is 0 Å². The lowest BCUT2D eigenvalue weighted by Crippen LogP contribution is -2.24. The lowest BCUT2D eigenvalue weighted by atomic mass is 9.85. The minimum absolute atomic E-state index is 0.629. The highest BCUT2D eigenvalue weighted by molar-refractivity contribution is 5.21. The van der Waals surface area contributed by atoms with Crippen LogP contribution in [0.25, 0.3) is 0 Å². The van der Waals surface area contributed by atoms with Crippen LogP contribution in [0.15, 0.2) is 10.7 Å². The molecule has 20 heavy (non-hydrogen) atoms. The average Bonchev–Trinajstić information content (AvgIpc) is 2.76. The van der Waals surface area contributed by atoms with Crippen LogP contribution < -0.4 is 10.6 Å². The van der Waals surface area contributed by atoms with Crippen molar-refractivity contribution in [2.45, 2.75) is 48.1 Å². The maximum Gasteiger partial charge on any atom is 0.294 e. The summed E-state index contributed by atoms with van der Waals surface area (Å²) in [4.78, 5) is 4.46. The van der Waals surface area contributed by atoms with E-state index in [9.17, 15) is 0 Å². The van der Waals surface area contributed by atoms with Crippen molar-refractivity contribution in [2.75, 3.05) is 18.4 Å². The second kappa shape index (κ2) is 8.30. The fraction of sp³-hybridized carbons (Fsp3) is 0.812. The first-order valence-electron chi connectivity index (χ1n) is 7.79. The van der Waals surface area contributed by atoms with Crippen LogP contribution in [0.2, 0.25) is 0 Å². The van der Waals surface area contributed by atoms with E-state index >= 15 is 0 Å². The van der Waals surface area contributed by atoms with Crippen molar-refractivity contribution < 1.29 is 4.42 Å². The highest BCUT2D eigenvalue weighted by Crippen LogP contribution is 2.21. The molecule has 1 rings (SSSR count). The summed E-state index contributed by atoms with van der Waals surface area (Å²) in [7, 11) is 0. The molecule has 1 heterocycles. The lowest BCUT2D eigenvalue weighted by Gasteiger charge is -2.24. The van der Waals surface area contributed by atoms with Gasteiger partial charge in [-0.05, 0) is 30.2 Å². The van der Waals surface area contributed by atoms with Crippen molar-refractivity contribution in [3.05, 3.63) is 12.0 Å². The van der Waals surface area contributed by atoms with Gasteiger partial charge in [-0.2, -0.15) is 4.98 Å². The van der Waals surface area contributed by atoms with Gasteiger partial charge in [0.05, 0.1) is 5.69 Å². The summed E-state index contributed by atoms with van der Waals surface area (Å²) in [5, 5.41) is 6.69. The first-order valence-corrected chi connectivity index (χ1v) is 7.79. The van der Waals surface area contributed by atoms with Crippen LogP contribution in [0, 0.1) is 23.7 Å². The monoisotopic (exact) mass is 281 g/mol. The van der Waals surface area contributed by atoms with Gasteiger partial charge in [-0.15, -0.1) is 0 Å². The van der Waals surface area contributed by atoms with E-state index in [0.29, 0.717) is 29.7 Å². The third-order valence-electron chi connectivity index (χ3n) is 3.61. The van der Waals surface area contributed by atoms with Gasteiger partial charge in [0.1, 0.15) is 6.26 Å². The molecule has 0 aliphatic rings. The Labute approximate surface area is 123 Å². The van der Waals surface area contributed by atoms with Crippen LogP contribution in [0.1, 0.15) is 47.2 Å². The Kier molecular flexibility index (Phi) is 7.06. The van der Waals surface area contributed by atoms with Gasteiger partial charge in [0, 0.05) is 13.1 Å². The zero-order valence-corrected chi connectivity index (χ0v) is 13.9. The van der Waals surface area contributed by atoms with Crippen LogP contribution in [-0.4, -0.2) is 18.1 Å². The van der Waals surface area contributed by atoms with Gasteiger partial charge < -0.3 is 15.1 Å². The topological polar surface area (TPSA) is 50.1 Å². The van der Waals surface area contributed by atoms with Gasteiger partial charge in [-0.25, -0.2) is 0 Å². The van der Waals surface area contributed by atoms with Crippen LogP contribution in [0.3, 0.4) is 0 Å². The molecule has 4 heteroatoms. The summed E-state index contributed by atoms with van der Waals surface area (Å²) < 4.78 is 5.47. The molecule has 0 fully saturated rings. The molecule has 0 amide bonds. The third-order valence-corrected chi connectivity index (χ3v) is 3.61. The Morgan fingerprint density at radius 1 is 1.05 bits per heavy atom. The number of hydrogen-bond donors (Lipinski definition) is 2. The Morgan fingerprint density at radius 2 is 1.70 bits per heavy atom. The molecule has 0 unspecified atom stereocenters. The fourth-order valence-electron chi connectivity index (χ4n) is 2.40. The summed E-state index contributed by atoms with van der Waals surface area (Å²) in [6.07, 6.45) is 1.73. The van der Waals surface area contributed by atoms with Crippen molar-refractivity contribution in [1.82, 2.24) is 10.3 Å². The molecular formula is C16H31N3O. The molecule has 0 aromatic carbocycles. The lowest BCUT2D eigenvalue weighted by molar-refractivity contribution is 0.302. The van der Waals surface area contributed by atoms with Crippen molar-refractivity contribution in [3.63, 3.8) is 0 Å². The van der Waals surface area contributed by atoms with Crippen LogP contribution in [0.4, 0.5) is 6.01 Å². The Bertz CT molecular complexity index is 364. The molecule has 0 radical (unpaired) electrons. The molecule has 4 nitrogen and oxygen atoms in total. The van der Waals surface area contributed by atoms with Gasteiger partial charge in [0.25, 0.3) is 6.01 Å². The number of aromatic nitrogens is 1. The number of rotatable bonds is 9. The largest absolute Gasteiger partial charge is 0.432 e. The average molecular weight is 281 g/mol. The molecule has 0 aliphatic carbocycles. The first kappa shape index (κ1) is 17.0. The number of hydrogen-bond acceptors (Lipinski definition) is 4. The fourth-order valence-corrected chi connectivity index (χ4v) is 2.40. The van der Waals surface area contributed by atoms with E-state index in [4.69, 9.17) is 4.42 Å². The molecular weight excluding hydrogens is 250 g/mol. The van der Waals surface area contributed by atoms with Crippen LogP contribution in [0.5, 0.6) is 0 Å². The van der Waals surface area contributed by atoms with E-state index in [2.05, 4.69) is 57.2 Å². The van der Waals surface area contributed by atoms with E-state index in [1.807, 2.05) is 0 Å². The summed E-state index contributed by atoms with van der Waals surface area (Å²) in [5.41, 5.74) is 0.957. The molecule has 0 spiro atoms. The normalized spacial score (nSPS) is 12.1. The molecule has 2 N–H and O–H groups in total. The molecule has 1 aromatic heterocycles. The summed E-state index contributed by atoms with van der Waals surface area (Å²) in [5.74, 6) is 2.59. The van der Waals surface area contributed by atoms with Crippen molar-refractivity contribution in [2.24, 2.45) is 23.7 Å². The number of anilines is 1. The number of nitrogens with zero attached hydrogens (tertiary/aromatic N) is 1. The predicted molar refractivity (Wildman–Crippen MR) is 84.7 cm³/mol. The van der Waals surface area contributed by atoms with E-state index in [-0.39, 0.29) is 0 Å². The smallest absolute Gasteiger partial charge is 0.294 e. The number of nitrogens with one attached hydrogen (secondary N) is 2. The summed E-state index contributed by atoms with van der Waals surface area (Å²) in [6, 6.07) is 0.637. The van der Waals surface area contributed by atoms with Crippen molar-refractivity contribution >= 4 is 6.01 Å². The minimum atomic E-state index is 0.629. The number of oxazole rings is 1. The Morgan fingerprint density at radius 3 is 2.25 bits per heavy atom. The van der Waals surface area contributed by atoms with E-state index in [1.54, 1.807) is 6.26 Å². The second-order valence-electron chi connectivity index (χ2n) is 6.70. The van der Waals surface area contributed by atoms with Crippen LogP contribution in [-0.2, 0) is 6.54 Å². The van der Waals surface area contributed by atoms with Gasteiger partial charge in [-0.1, -0.05) is 41.5 Å². The maximum atomic E-state index is 5.47. The molecule has 0 bridgehead atoms. The van der Waals surface area contributed by atoms with Gasteiger partial charge in [0.2, 0.25) is 0 Å². The standard InChI is InChI=1S/C16H31N3O/c1-11(2)7-17-8-14-10-20-16(19-14)18-9-15(12(3)4)13(5)6/h10-13,15,17H,7-9H2,1-6H3,(H,18,19). The molecule has 0 aliphatic heterocycles. The first-order chi connectivity index (χ1) is 9.40. The van der Waals surface area contributed by atoms with Gasteiger partial charge in [-0.3, -0.25) is 0 Å². The molecule has 116 valence electrons. The quantitative estimate of drug-likeness (QED) is 0.723. The summed E-state index contributed by atoms with van der Waals surface area (Å²) >= 11 is 0. The van der Waals surface area contributed by atoms with Crippen molar-refractivity contribution in [1.29, 1.82) is 0 Å². The third kappa shape index (κ3) is 5.95. The summed E-state index contributed by atoms with van der Waals surface area (Å²) in [6.45, 7) is 16.1. The van der Waals surface area contributed by atoms with Gasteiger partial charge in [0.15, 0.2) is 0 Å². The van der Waals surface area contributed by atoms with E-state index < -0.39 is 0 Å². The predicted octanol–water partition coefficient (Wildman–Crippen LogP) is 3.76. The second-order valence-corrected chi connectivity index (χ2v) is 6.70. The van der Waals surface area contributed by atoms with E-state index in [0.717, 1.165) is 25.3 Å².